The van der Waals surface area contributed by atoms with Gasteiger partial charge < -0.3 is 0 Å². The van der Waals surface area contributed by atoms with Gasteiger partial charge in [0.05, 0.1) is 5.41 Å². The van der Waals surface area contributed by atoms with E-state index in [2.05, 4.69) is 135 Å². The van der Waals surface area contributed by atoms with Crippen molar-refractivity contribution in [2.75, 3.05) is 0 Å². The summed E-state index contributed by atoms with van der Waals surface area (Å²) in [5.74, 6) is 0. The zero-order valence-corrected chi connectivity index (χ0v) is 22.8. The standard InChI is InChI=1S/C40H28/c1-24-11-13-28-21-29-15-14-26(22-35(29)34(28)19-24)27-16-18-33-32-17-12-25(2)20-38(32)40(39(33)23-27)36-9-5-3-7-30(36)31-8-4-6-10-37(31)40/h3-20,22-23H,21H2,1-2H3. The van der Waals surface area contributed by atoms with Gasteiger partial charge in [0.25, 0.3) is 0 Å². The molecule has 0 heterocycles. The van der Waals surface area contributed by atoms with Crippen molar-refractivity contribution in [2.45, 2.75) is 25.7 Å². The maximum atomic E-state index is 2.50. The summed E-state index contributed by atoms with van der Waals surface area (Å²) in [7, 11) is 0. The van der Waals surface area contributed by atoms with Crippen LogP contribution in [0.25, 0.3) is 44.5 Å². The van der Waals surface area contributed by atoms with Crippen molar-refractivity contribution < 1.29 is 0 Å². The molecule has 3 aliphatic rings. The summed E-state index contributed by atoms with van der Waals surface area (Å²) in [6.07, 6.45) is 1.03. The third-order valence-corrected chi connectivity index (χ3v) is 9.62. The monoisotopic (exact) mass is 508 g/mol. The van der Waals surface area contributed by atoms with Crippen molar-refractivity contribution >= 4 is 0 Å². The minimum atomic E-state index is -0.305. The second-order valence-corrected chi connectivity index (χ2v) is 11.9. The van der Waals surface area contributed by atoms with Crippen LogP contribution in [-0.4, -0.2) is 0 Å². The van der Waals surface area contributed by atoms with Gasteiger partial charge in [-0.2, -0.15) is 0 Å². The zero-order chi connectivity index (χ0) is 26.6. The number of fused-ring (bicyclic) bond motifs is 13. The van der Waals surface area contributed by atoms with Crippen molar-refractivity contribution in [3.05, 3.63) is 166 Å². The van der Waals surface area contributed by atoms with Gasteiger partial charge in [-0.3, -0.25) is 0 Å². The smallest absolute Gasteiger partial charge is 0.0619 e. The van der Waals surface area contributed by atoms with Crippen LogP contribution in [0.4, 0.5) is 0 Å². The van der Waals surface area contributed by atoms with E-state index in [1.54, 1.807) is 0 Å². The van der Waals surface area contributed by atoms with Crippen LogP contribution in [0.2, 0.25) is 0 Å². The molecule has 0 nitrogen and oxygen atoms in total. The van der Waals surface area contributed by atoms with Crippen LogP contribution in [0.5, 0.6) is 0 Å². The lowest BCUT2D eigenvalue weighted by Gasteiger charge is -2.31. The zero-order valence-electron chi connectivity index (χ0n) is 22.8. The van der Waals surface area contributed by atoms with Gasteiger partial charge in [-0.15, -0.1) is 0 Å². The van der Waals surface area contributed by atoms with Crippen molar-refractivity contribution in [3.63, 3.8) is 0 Å². The highest BCUT2D eigenvalue weighted by Crippen LogP contribution is 2.63. The van der Waals surface area contributed by atoms with Crippen molar-refractivity contribution in [2.24, 2.45) is 0 Å². The number of hydrogen-bond acceptors (Lipinski definition) is 0. The van der Waals surface area contributed by atoms with E-state index in [4.69, 9.17) is 0 Å². The summed E-state index contributed by atoms with van der Waals surface area (Å²) in [5, 5.41) is 0. The van der Waals surface area contributed by atoms with Crippen LogP contribution in [0.15, 0.2) is 121 Å². The van der Waals surface area contributed by atoms with E-state index in [1.165, 1.54) is 89.0 Å². The third kappa shape index (κ3) is 2.71. The average Bonchev–Trinajstić information content (AvgIpc) is 3.60. The fourth-order valence-corrected chi connectivity index (χ4v) is 7.89. The van der Waals surface area contributed by atoms with Gasteiger partial charge in [0.15, 0.2) is 0 Å². The Morgan fingerprint density at radius 2 is 0.900 bits per heavy atom. The molecule has 0 heteroatoms. The lowest BCUT2D eigenvalue weighted by Crippen LogP contribution is -2.26. The normalized spacial score (nSPS) is 14.3. The molecule has 0 aliphatic heterocycles. The Bertz CT molecular complexity index is 2010. The summed E-state index contributed by atoms with van der Waals surface area (Å²) in [6, 6.07) is 46.4. The SMILES string of the molecule is Cc1ccc2c(c1)-c1cc(-c3ccc4c(c3)C3(c5ccccc5-c5ccccc53)c3cc(C)ccc3-4)ccc1C2. The molecule has 0 N–H and O–H groups in total. The molecule has 6 aromatic carbocycles. The molecule has 3 aliphatic carbocycles. The van der Waals surface area contributed by atoms with Gasteiger partial charge in [-0.1, -0.05) is 120 Å². The van der Waals surface area contributed by atoms with E-state index >= 15 is 0 Å². The van der Waals surface area contributed by atoms with Crippen LogP contribution in [-0.2, 0) is 11.8 Å². The topological polar surface area (TPSA) is 0 Å². The van der Waals surface area contributed by atoms with Crippen molar-refractivity contribution in [1.82, 2.24) is 0 Å². The number of rotatable bonds is 1. The van der Waals surface area contributed by atoms with Gasteiger partial charge >= 0.3 is 0 Å². The first-order chi connectivity index (χ1) is 19.6. The van der Waals surface area contributed by atoms with Gasteiger partial charge in [0, 0.05) is 0 Å². The van der Waals surface area contributed by atoms with Gasteiger partial charge in [-0.25, -0.2) is 0 Å². The summed E-state index contributed by atoms with van der Waals surface area (Å²) >= 11 is 0. The molecule has 40 heavy (non-hydrogen) atoms. The highest BCUT2D eigenvalue weighted by atomic mass is 14.5. The quantitative estimate of drug-likeness (QED) is 0.207. The Morgan fingerprint density at radius 1 is 0.400 bits per heavy atom. The molecule has 0 saturated carbocycles. The van der Waals surface area contributed by atoms with Gasteiger partial charge in [0.1, 0.15) is 0 Å². The Balaban J connectivity index is 1.32. The first-order valence-corrected chi connectivity index (χ1v) is 14.3. The second-order valence-electron chi connectivity index (χ2n) is 11.9. The molecule has 0 fully saturated rings. The van der Waals surface area contributed by atoms with E-state index in [1.807, 2.05) is 0 Å². The fourth-order valence-electron chi connectivity index (χ4n) is 7.89. The minimum absolute atomic E-state index is 0.305. The molecule has 0 atom stereocenters. The highest BCUT2D eigenvalue weighted by Gasteiger charge is 2.51. The van der Waals surface area contributed by atoms with Crippen LogP contribution < -0.4 is 0 Å². The average molecular weight is 509 g/mol. The molecule has 0 unspecified atom stereocenters. The molecule has 1 spiro atoms. The largest absolute Gasteiger partial charge is 0.0725 e. The van der Waals surface area contributed by atoms with Crippen LogP contribution >= 0.6 is 0 Å². The Hall–Kier alpha value is -4.68. The molecule has 0 radical (unpaired) electrons. The first kappa shape index (κ1) is 22.2. The van der Waals surface area contributed by atoms with E-state index in [-0.39, 0.29) is 5.41 Å². The molecule has 9 rings (SSSR count). The first-order valence-electron chi connectivity index (χ1n) is 14.3. The molecule has 0 saturated heterocycles. The van der Waals surface area contributed by atoms with Crippen LogP contribution in [0.1, 0.15) is 44.5 Å². The van der Waals surface area contributed by atoms with E-state index in [9.17, 15) is 0 Å². The predicted octanol–water partition coefficient (Wildman–Crippen LogP) is 9.89. The van der Waals surface area contributed by atoms with E-state index < -0.39 is 0 Å². The lowest BCUT2D eigenvalue weighted by molar-refractivity contribution is 0.793. The number of benzene rings is 6. The summed E-state index contributed by atoms with van der Waals surface area (Å²) in [4.78, 5) is 0. The van der Waals surface area contributed by atoms with E-state index in [0.29, 0.717) is 0 Å². The molecule has 0 aromatic heterocycles. The molecule has 0 amide bonds. The Labute approximate surface area is 235 Å². The number of aryl methyl sites for hydroxylation is 2. The summed E-state index contributed by atoms with van der Waals surface area (Å²) in [5.41, 5.74) is 21.6. The fraction of sp³-hybridized carbons (Fsp3) is 0.100. The molecular formula is C40H28. The Morgan fingerprint density at radius 3 is 1.65 bits per heavy atom. The van der Waals surface area contributed by atoms with Crippen LogP contribution in [0, 0.1) is 13.8 Å². The van der Waals surface area contributed by atoms with Gasteiger partial charge in [0.2, 0.25) is 0 Å². The predicted molar refractivity (Wildman–Crippen MR) is 166 cm³/mol. The highest BCUT2D eigenvalue weighted by molar-refractivity contribution is 5.96. The lowest BCUT2D eigenvalue weighted by atomic mass is 9.70. The molecule has 188 valence electrons. The number of hydrogen-bond donors (Lipinski definition) is 0. The maximum absolute atomic E-state index is 2.50. The van der Waals surface area contributed by atoms with Crippen molar-refractivity contribution in [1.29, 1.82) is 0 Å². The Kier molecular flexibility index (Phi) is 4.27. The molecule has 6 aromatic rings. The van der Waals surface area contributed by atoms with Crippen molar-refractivity contribution in [3.8, 4) is 44.5 Å². The third-order valence-electron chi connectivity index (χ3n) is 9.62. The van der Waals surface area contributed by atoms with Gasteiger partial charge in [-0.05, 0) is 110 Å². The molecule has 0 bridgehead atoms. The summed E-state index contributed by atoms with van der Waals surface area (Å²) < 4.78 is 0. The molecular weight excluding hydrogens is 480 g/mol. The van der Waals surface area contributed by atoms with E-state index in [0.717, 1.165) is 6.42 Å². The minimum Gasteiger partial charge on any atom is -0.0619 e. The summed E-state index contributed by atoms with van der Waals surface area (Å²) in [6.45, 7) is 4.41. The van der Waals surface area contributed by atoms with Crippen LogP contribution in [0.3, 0.4) is 0 Å². The maximum Gasteiger partial charge on any atom is 0.0725 e. The second kappa shape index (κ2) is 7.71.